The minimum Gasteiger partial charge on any atom is -0.298 e. The van der Waals surface area contributed by atoms with E-state index in [4.69, 9.17) is 0 Å². The number of thioether (sulfide) groups is 1. The van der Waals surface area contributed by atoms with Crippen LogP contribution in [0.1, 0.15) is 10.4 Å². The number of halogens is 2. The molecule has 0 N–H and O–H groups in total. The molecule has 0 aliphatic carbocycles. The standard InChI is InChI=1S/C8H6BrFOS/c1-12-7-3-6(9)2-5(4-11)8(7)10/h2-4H,1H3. The first-order valence-corrected chi connectivity index (χ1v) is 5.19. The normalized spacial score (nSPS) is 9.92. The van der Waals surface area contributed by atoms with Crippen LogP contribution in [-0.4, -0.2) is 12.5 Å². The van der Waals surface area contributed by atoms with E-state index in [1.807, 2.05) is 0 Å². The lowest BCUT2D eigenvalue weighted by molar-refractivity contribution is 0.111. The predicted molar refractivity (Wildman–Crippen MR) is 51.3 cm³/mol. The second-order valence-electron chi connectivity index (χ2n) is 2.13. The van der Waals surface area contributed by atoms with Gasteiger partial charge in [0.05, 0.1) is 5.56 Å². The van der Waals surface area contributed by atoms with Gasteiger partial charge in [-0.3, -0.25) is 4.79 Å². The van der Waals surface area contributed by atoms with Crippen LogP contribution in [0.2, 0.25) is 0 Å². The van der Waals surface area contributed by atoms with Crippen molar-refractivity contribution in [3.8, 4) is 0 Å². The zero-order valence-electron chi connectivity index (χ0n) is 6.30. The Morgan fingerprint density at radius 1 is 1.58 bits per heavy atom. The number of carbonyl (C=O) groups excluding carboxylic acids is 1. The van der Waals surface area contributed by atoms with E-state index in [1.54, 1.807) is 12.3 Å². The summed E-state index contributed by atoms with van der Waals surface area (Å²) in [6.07, 6.45) is 2.28. The fraction of sp³-hybridized carbons (Fsp3) is 0.125. The van der Waals surface area contributed by atoms with E-state index in [0.717, 1.165) is 4.47 Å². The second-order valence-corrected chi connectivity index (χ2v) is 3.89. The molecule has 0 atom stereocenters. The molecular weight excluding hydrogens is 243 g/mol. The molecule has 0 radical (unpaired) electrons. The summed E-state index contributed by atoms with van der Waals surface area (Å²) in [7, 11) is 0. The molecule has 1 aromatic rings. The number of hydrogen-bond donors (Lipinski definition) is 0. The van der Waals surface area contributed by atoms with Crippen molar-refractivity contribution < 1.29 is 9.18 Å². The van der Waals surface area contributed by atoms with Crippen LogP contribution in [-0.2, 0) is 0 Å². The Morgan fingerprint density at radius 2 is 2.25 bits per heavy atom. The quantitative estimate of drug-likeness (QED) is 0.591. The monoisotopic (exact) mass is 248 g/mol. The van der Waals surface area contributed by atoms with Crippen LogP contribution in [0.5, 0.6) is 0 Å². The maximum Gasteiger partial charge on any atom is 0.153 e. The van der Waals surface area contributed by atoms with E-state index in [1.165, 1.54) is 17.8 Å². The molecule has 1 aromatic carbocycles. The zero-order chi connectivity index (χ0) is 9.14. The fourth-order valence-electron chi connectivity index (χ4n) is 0.819. The number of carbonyl (C=O) groups is 1. The summed E-state index contributed by atoms with van der Waals surface area (Å²) in [5.41, 5.74) is 0.0914. The predicted octanol–water partition coefficient (Wildman–Crippen LogP) is 3.12. The molecule has 0 amide bonds. The van der Waals surface area contributed by atoms with Crippen molar-refractivity contribution in [3.63, 3.8) is 0 Å². The smallest absolute Gasteiger partial charge is 0.153 e. The van der Waals surface area contributed by atoms with E-state index < -0.39 is 5.82 Å². The Bertz CT molecular complexity index is 314. The first-order chi connectivity index (χ1) is 5.69. The molecule has 1 nitrogen and oxygen atoms in total. The summed E-state index contributed by atoms with van der Waals surface area (Å²) < 4.78 is 13.9. The van der Waals surface area contributed by atoms with Crippen LogP contribution in [0.15, 0.2) is 21.5 Å². The van der Waals surface area contributed by atoms with Gasteiger partial charge < -0.3 is 0 Å². The van der Waals surface area contributed by atoms with Gasteiger partial charge in [-0.2, -0.15) is 0 Å². The summed E-state index contributed by atoms with van der Waals surface area (Å²) >= 11 is 4.47. The first-order valence-electron chi connectivity index (χ1n) is 3.17. The molecule has 1 rings (SSSR count). The highest BCUT2D eigenvalue weighted by atomic mass is 79.9. The highest BCUT2D eigenvalue weighted by Crippen LogP contribution is 2.25. The summed E-state index contributed by atoms with van der Waals surface area (Å²) in [5.74, 6) is -0.444. The molecule has 0 saturated heterocycles. The van der Waals surface area contributed by atoms with Crippen molar-refractivity contribution in [2.75, 3.05) is 6.26 Å². The third-order valence-electron chi connectivity index (χ3n) is 1.38. The van der Waals surface area contributed by atoms with Crippen LogP contribution in [0.3, 0.4) is 0 Å². The van der Waals surface area contributed by atoms with E-state index >= 15 is 0 Å². The van der Waals surface area contributed by atoms with Gasteiger partial charge in [0.1, 0.15) is 5.82 Å². The van der Waals surface area contributed by atoms with Crippen LogP contribution >= 0.6 is 27.7 Å². The topological polar surface area (TPSA) is 17.1 Å². The minimum atomic E-state index is -0.444. The van der Waals surface area contributed by atoms with Gasteiger partial charge in [-0.1, -0.05) is 15.9 Å². The van der Waals surface area contributed by atoms with Gasteiger partial charge in [0.25, 0.3) is 0 Å². The zero-order valence-corrected chi connectivity index (χ0v) is 8.71. The molecule has 0 aliphatic heterocycles. The SMILES string of the molecule is CSc1cc(Br)cc(C=O)c1F. The summed E-state index contributed by atoms with van der Waals surface area (Å²) in [4.78, 5) is 10.9. The number of benzene rings is 1. The molecule has 0 unspecified atom stereocenters. The Hall–Kier alpha value is -0.350. The van der Waals surface area contributed by atoms with Gasteiger partial charge in [-0.05, 0) is 18.4 Å². The average molecular weight is 249 g/mol. The minimum absolute atomic E-state index is 0.0914. The van der Waals surface area contributed by atoms with E-state index in [2.05, 4.69) is 15.9 Å². The third-order valence-corrected chi connectivity index (χ3v) is 2.57. The Morgan fingerprint density at radius 3 is 2.75 bits per heavy atom. The van der Waals surface area contributed by atoms with Crippen LogP contribution < -0.4 is 0 Å². The number of rotatable bonds is 2. The second kappa shape index (κ2) is 4.05. The van der Waals surface area contributed by atoms with Crippen LogP contribution in [0.4, 0.5) is 4.39 Å². The molecule has 0 saturated carbocycles. The molecule has 0 aromatic heterocycles. The summed E-state index contributed by atoms with van der Waals surface area (Å²) in [6, 6.07) is 3.11. The summed E-state index contributed by atoms with van der Waals surface area (Å²) in [5, 5.41) is 0. The molecule has 0 heterocycles. The molecule has 0 fully saturated rings. The molecule has 64 valence electrons. The van der Waals surface area contributed by atoms with E-state index in [9.17, 15) is 9.18 Å². The highest BCUT2D eigenvalue weighted by molar-refractivity contribution is 9.10. The van der Waals surface area contributed by atoms with Crippen LogP contribution in [0.25, 0.3) is 0 Å². The van der Waals surface area contributed by atoms with Gasteiger partial charge in [-0.15, -0.1) is 11.8 Å². The van der Waals surface area contributed by atoms with Gasteiger partial charge in [-0.25, -0.2) is 4.39 Å². The van der Waals surface area contributed by atoms with Gasteiger partial charge in [0.2, 0.25) is 0 Å². The van der Waals surface area contributed by atoms with E-state index in [0.29, 0.717) is 11.2 Å². The molecule has 0 aliphatic rings. The van der Waals surface area contributed by atoms with Crippen molar-refractivity contribution in [2.24, 2.45) is 0 Å². The molecule has 0 bridgehead atoms. The number of aldehydes is 1. The van der Waals surface area contributed by atoms with Gasteiger partial charge >= 0.3 is 0 Å². The lowest BCUT2D eigenvalue weighted by atomic mass is 10.2. The number of hydrogen-bond acceptors (Lipinski definition) is 2. The lowest BCUT2D eigenvalue weighted by Gasteiger charge is -2.01. The third kappa shape index (κ3) is 1.87. The maximum atomic E-state index is 13.2. The molecule has 4 heteroatoms. The van der Waals surface area contributed by atoms with Gasteiger partial charge in [0, 0.05) is 9.37 Å². The largest absolute Gasteiger partial charge is 0.298 e. The highest BCUT2D eigenvalue weighted by Gasteiger charge is 2.07. The Kier molecular flexibility index (Phi) is 3.29. The van der Waals surface area contributed by atoms with E-state index in [-0.39, 0.29) is 5.56 Å². The summed E-state index contributed by atoms with van der Waals surface area (Å²) in [6.45, 7) is 0. The Labute approximate surface area is 82.5 Å². The van der Waals surface area contributed by atoms with Crippen molar-refractivity contribution >= 4 is 34.0 Å². The molecular formula is C8H6BrFOS. The van der Waals surface area contributed by atoms with Crippen LogP contribution in [0, 0.1) is 5.82 Å². The molecule has 0 spiro atoms. The van der Waals surface area contributed by atoms with Crippen molar-refractivity contribution in [3.05, 3.63) is 28.0 Å². The van der Waals surface area contributed by atoms with Crippen molar-refractivity contribution in [2.45, 2.75) is 4.90 Å². The fourth-order valence-corrected chi connectivity index (χ4v) is 1.99. The Balaban J connectivity index is 3.31. The first kappa shape index (κ1) is 9.74. The van der Waals surface area contributed by atoms with Crippen molar-refractivity contribution in [1.29, 1.82) is 0 Å². The van der Waals surface area contributed by atoms with Crippen molar-refractivity contribution in [1.82, 2.24) is 0 Å². The van der Waals surface area contributed by atoms with Gasteiger partial charge in [0.15, 0.2) is 6.29 Å². The maximum absolute atomic E-state index is 13.2. The lowest BCUT2D eigenvalue weighted by Crippen LogP contribution is -1.90. The average Bonchev–Trinajstić information content (AvgIpc) is 2.08. The molecule has 12 heavy (non-hydrogen) atoms.